The minimum Gasteiger partial charge on any atom is -0.332 e. The number of hydrogen-bond donors (Lipinski definition) is 2. The number of benzene rings is 3. The summed E-state index contributed by atoms with van der Waals surface area (Å²) in [4.78, 5) is 12.6. The second-order valence-electron chi connectivity index (χ2n) is 7.77. The number of thiocarbonyl (C=S) groups is 1. The Balaban J connectivity index is 1.61. The lowest BCUT2D eigenvalue weighted by molar-refractivity contribution is -0.115. The van der Waals surface area contributed by atoms with Crippen LogP contribution >= 0.6 is 12.2 Å². The van der Waals surface area contributed by atoms with E-state index in [2.05, 4.69) is 10.6 Å². The number of fused-ring (bicyclic) bond motifs is 1. The van der Waals surface area contributed by atoms with Crippen molar-refractivity contribution >= 4 is 55.8 Å². The molecule has 0 radical (unpaired) electrons. The van der Waals surface area contributed by atoms with Crippen LogP contribution in [0.3, 0.4) is 0 Å². The lowest BCUT2D eigenvalue weighted by Crippen LogP contribution is -2.33. The minimum atomic E-state index is -3.55. The highest BCUT2D eigenvalue weighted by Crippen LogP contribution is 2.20. The molecule has 6 nitrogen and oxygen atoms in total. The summed E-state index contributed by atoms with van der Waals surface area (Å²) >= 11 is 5.23. The van der Waals surface area contributed by atoms with Gasteiger partial charge in [0.15, 0.2) is 5.11 Å². The van der Waals surface area contributed by atoms with E-state index in [1.807, 2.05) is 56.3 Å². The smallest absolute Gasteiger partial charge is 0.250 e. The highest BCUT2D eigenvalue weighted by molar-refractivity contribution is 7.89. The van der Waals surface area contributed by atoms with E-state index in [0.717, 1.165) is 29.2 Å². The Hall–Kier alpha value is -3.07. The molecule has 8 heteroatoms. The molecule has 0 aliphatic rings. The second kappa shape index (κ2) is 11.9. The summed E-state index contributed by atoms with van der Waals surface area (Å²) in [6.07, 6.45) is 4.68. The van der Waals surface area contributed by atoms with Crippen molar-refractivity contribution in [1.29, 1.82) is 0 Å². The van der Waals surface area contributed by atoms with Crippen LogP contribution in [0.25, 0.3) is 16.8 Å². The molecule has 178 valence electrons. The maximum Gasteiger partial charge on any atom is 0.250 e. The first-order valence-electron chi connectivity index (χ1n) is 11.2. The number of sulfonamides is 1. The number of amides is 1. The van der Waals surface area contributed by atoms with Gasteiger partial charge in [0.1, 0.15) is 0 Å². The van der Waals surface area contributed by atoms with Crippen molar-refractivity contribution in [1.82, 2.24) is 9.62 Å². The summed E-state index contributed by atoms with van der Waals surface area (Å²) in [7, 11) is -3.55. The van der Waals surface area contributed by atoms with Crippen LogP contribution in [0.15, 0.2) is 77.7 Å². The molecule has 0 atom stereocenters. The predicted octanol–water partition coefficient (Wildman–Crippen LogP) is 5.18. The molecule has 2 N–H and O–H groups in total. The summed E-state index contributed by atoms with van der Waals surface area (Å²) < 4.78 is 27.3. The Morgan fingerprint density at radius 2 is 1.59 bits per heavy atom. The molecule has 0 saturated heterocycles. The van der Waals surface area contributed by atoms with Gasteiger partial charge in [-0.15, -0.1) is 0 Å². The van der Waals surface area contributed by atoms with Gasteiger partial charge in [-0.3, -0.25) is 10.1 Å². The standard InChI is InChI=1S/C26H29N3O3S2/c1-3-18-29(19-4-2)34(31,32)23-15-13-22(14-16-23)27-26(33)28-25(30)17-12-21-10-7-9-20-8-5-6-11-24(20)21/h5-17H,3-4,18-19H2,1-2H3,(H2,27,28,30,33). The third-order valence-electron chi connectivity index (χ3n) is 5.17. The third kappa shape index (κ3) is 6.50. The van der Waals surface area contributed by atoms with Crippen molar-refractivity contribution in [2.75, 3.05) is 18.4 Å². The number of nitrogens with zero attached hydrogens (tertiary/aromatic N) is 1. The minimum absolute atomic E-state index is 0.127. The first kappa shape index (κ1) is 25.6. The summed E-state index contributed by atoms with van der Waals surface area (Å²) in [5.74, 6) is -0.362. The molecule has 0 aliphatic heterocycles. The number of carbonyl (C=O) groups is 1. The maximum atomic E-state index is 12.9. The molecular weight excluding hydrogens is 466 g/mol. The first-order valence-corrected chi connectivity index (χ1v) is 13.1. The van der Waals surface area contributed by atoms with E-state index in [1.165, 1.54) is 10.4 Å². The third-order valence-corrected chi connectivity index (χ3v) is 7.29. The fraction of sp³-hybridized carbons (Fsp3) is 0.231. The molecule has 0 unspecified atom stereocenters. The maximum absolute atomic E-state index is 12.9. The van der Waals surface area contributed by atoms with Gasteiger partial charge in [-0.2, -0.15) is 4.31 Å². The molecule has 0 fully saturated rings. The molecule has 3 rings (SSSR count). The van der Waals surface area contributed by atoms with Gasteiger partial charge in [0, 0.05) is 24.9 Å². The van der Waals surface area contributed by atoms with Gasteiger partial charge >= 0.3 is 0 Å². The van der Waals surface area contributed by atoms with E-state index in [-0.39, 0.29) is 15.9 Å². The zero-order valence-electron chi connectivity index (χ0n) is 19.3. The van der Waals surface area contributed by atoms with Crippen molar-refractivity contribution in [2.45, 2.75) is 31.6 Å². The van der Waals surface area contributed by atoms with Crippen LogP contribution in [0.4, 0.5) is 5.69 Å². The Bertz CT molecular complexity index is 1270. The van der Waals surface area contributed by atoms with E-state index in [0.29, 0.717) is 18.8 Å². The Kier molecular flexibility index (Phi) is 8.92. The van der Waals surface area contributed by atoms with Gasteiger partial charge in [-0.1, -0.05) is 56.3 Å². The van der Waals surface area contributed by atoms with Crippen molar-refractivity contribution in [3.05, 3.63) is 78.4 Å². The number of anilines is 1. The summed E-state index contributed by atoms with van der Waals surface area (Å²) in [6, 6.07) is 20.2. The molecule has 3 aromatic carbocycles. The number of nitrogens with one attached hydrogen (secondary N) is 2. The molecule has 3 aromatic rings. The van der Waals surface area contributed by atoms with Crippen LogP contribution in [0, 0.1) is 0 Å². The molecule has 1 amide bonds. The lowest BCUT2D eigenvalue weighted by atomic mass is 10.0. The largest absolute Gasteiger partial charge is 0.332 e. The highest BCUT2D eigenvalue weighted by atomic mass is 32.2. The monoisotopic (exact) mass is 495 g/mol. The highest BCUT2D eigenvalue weighted by Gasteiger charge is 2.22. The van der Waals surface area contributed by atoms with Crippen molar-refractivity contribution in [3.63, 3.8) is 0 Å². The molecule has 0 bridgehead atoms. The molecule has 0 spiro atoms. The topological polar surface area (TPSA) is 78.5 Å². The van der Waals surface area contributed by atoms with Gasteiger partial charge in [-0.05, 0) is 71.7 Å². The summed E-state index contributed by atoms with van der Waals surface area (Å²) in [6.45, 7) is 4.88. The number of hydrogen-bond acceptors (Lipinski definition) is 4. The number of carbonyl (C=O) groups excluding carboxylic acids is 1. The summed E-state index contributed by atoms with van der Waals surface area (Å²) in [5, 5.41) is 7.81. The second-order valence-corrected chi connectivity index (χ2v) is 10.1. The van der Waals surface area contributed by atoms with E-state index < -0.39 is 10.0 Å². The van der Waals surface area contributed by atoms with Gasteiger partial charge in [0.05, 0.1) is 4.90 Å². The Morgan fingerprint density at radius 1 is 0.941 bits per heavy atom. The normalized spacial score (nSPS) is 11.7. The van der Waals surface area contributed by atoms with Crippen LogP contribution < -0.4 is 10.6 Å². The van der Waals surface area contributed by atoms with E-state index in [4.69, 9.17) is 12.2 Å². The first-order chi connectivity index (χ1) is 16.3. The molecule has 0 saturated carbocycles. The Morgan fingerprint density at radius 3 is 2.26 bits per heavy atom. The number of rotatable bonds is 9. The van der Waals surface area contributed by atoms with Gasteiger partial charge in [0.25, 0.3) is 0 Å². The van der Waals surface area contributed by atoms with Gasteiger partial charge < -0.3 is 5.32 Å². The fourth-order valence-corrected chi connectivity index (χ4v) is 5.43. The zero-order chi connectivity index (χ0) is 24.6. The van der Waals surface area contributed by atoms with Gasteiger partial charge in [-0.25, -0.2) is 8.42 Å². The van der Waals surface area contributed by atoms with Crippen molar-refractivity contribution in [3.8, 4) is 0 Å². The molecule has 0 aromatic heterocycles. The van der Waals surface area contributed by atoms with Crippen LogP contribution in [0.2, 0.25) is 0 Å². The van der Waals surface area contributed by atoms with Crippen LogP contribution in [-0.4, -0.2) is 36.8 Å². The van der Waals surface area contributed by atoms with E-state index in [9.17, 15) is 13.2 Å². The van der Waals surface area contributed by atoms with Crippen molar-refractivity contribution in [2.24, 2.45) is 0 Å². The van der Waals surface area contributed by atoms with E-state index >= 15 is 0 Å². The van der Waals surface area contributed by atoms with Crippen molar-refractivity contribution < 1.29 is 13.2 Å². The summed E-state index contributed by atoms with van der Waals surface area (Å²) in [5.41, 5.74) is 1.52. The Labute approximate surface area is 206 Å². The fourth-order valence-electron chi connectivity index (χ4n) is 3.59. The van der Waals surface area contributed by atoms with Crippen LogP contribution in [-0.2, 0) is 14.8 Å². The lowest BCUT2D eigenvalue weighted by Gasteiger charge is -2.21. The molecular formula is C26H29N3O3S2. The SMILES string of the molecule is CCCN(CCC)S(=O)(=O)c1ccc(NC(=S)NC(=O)C=Cc2cccc3ccccc23)cc1. The van der Waals surface area contributed by atoms with Crippen LogP contribution in [0.1, 0.15) is 32.3 Å². The molecule has 0 heterocycles. The quantitative estimate of drug-likeness (QED) is 0.316. The molecule has 0 aliphatic carbocycles. The predicted molar refractivity (Wildman–Crippen MR) is 143 cm³/mol. The van der Waals surface area contributed by atoms with Crippen LogP contribution in [0.5, 0.6) is 0 Å². The van der Waals surface area contributed by atoms with E-state index in [1.54, 1.807) is 30.3 Å². The average Bonchev–Trinajstić information content (AvgIpc) is 2.83. The van der Waals surface area contributed by atoms with Gasteiger partial charge in [0.2, 0.25) is 15.9 Å². The molecule has 34 heavy (non-hydrogen) atoms. The average molecular weight is 496 g/mol. The zero-order valence-corrected chi connectivity index (χ0v) is 21.0.